The molecule has 0 aliphatic carbocycles. The van der Waals surface area contributed by atoms with Crippen molar-refractivity contribution >= 4 is 5.78 Å². The summed E-state index contributed by atoms with van der Waals surface area (Å²) < 4.78 is 20.2. The van der Waals surface area contributed by atoms with Crippen LogP contribution in [0.25, 0.3) is 0 Å². The topological polar surface area (TPSA) is 94.5 Å². The summed E-state index contributed by atoms with van der Waals surface area (Å²) in [5.74, 6) is -0.352. The van der Waals surface area contributed by atoms with Gasteiger partial charge in [0.1, 0.15) is 0 Å². The van der Waals surface area contributed by atoms with Gasteiger partial charge in [0.25, 0.3) is 0 Å². The summed E-state index contributed by atoms with van der Waals surface area (Å²) in [6.45, 7) is 0. The lowest BCUT2D eigenvalue weighted by atomic mass is 10.0. The lowest BCUT2D eigenvalue weighted by Crippen LogP contribution is -2.04. The molecule has 0 radical (unpaired) electrons. The molecule has 2 aromatic carbocycles. The monoisotopic (exact) mass is 334 g/mol. The van der Waals surface area contributed by atoms with Gasteiger partial charge in [-0.15, -0.1) is 0 Å². The molecular formula is C17H18O7. The molecule has 0 aliphatic heterocycles. The van der Waals surface area contributed by atoms with Crippen LogP contribution in [-0.2, 0) is 0 Å². The van der Waals surface area contributed by atoms with Gasteiger partial charge in [0.05, 0.1) is 28.4 Å². The molecule has 7 heteroatoms. The summed E-state index contributed by atoms with van der Waals surface area (Å²) in [5, 5.41) is 19.9. The van der Waals surface area contributed by atoms with E-state index in [4.69, 9.17) is 18.9 Å². The molecule has 0 aliphatic rings. The van der Waals surface area contributed by atoms with Crippen molar-refractivity contribution in [1.82, 2.24) is 0 Å². The Labute approximate surface area is 139 Å². The number of hydrogen-bond donors (Lipinski definition) is 2. The fourth-order valence-corrected chi connectivity index (χ4v) is 2.22. The normalized spacial score (nSPS) is 10.2. The van der Waals surface area contributed by atoms with Crippen LogP contribution in [0.3, 0.4) is 0 Å². The van der Waals surface area contributed by atoms with Gasteiger partial charge < -0.3 is 29.2 Å². The average molecular weight is 334 g/mol. The van der Waals surface area contributed by atoms with E-state index in [-0.39, 0.29) is 51.4 Å². The molecule has 0 amide bonds. The fraction of sp³-hybridized carbons (Fsp3) is 0.235. The van der Waals surface area contributed by atoms with Crippen LogP contribution < -0.4 is 18.9 Å². The van der Waals surface area contributed by atoms with Crippen molar-refractivity contribution in [2.24, 2.45) is 0 Å². The van der Waals surface area contributed by atoms with E-state index in [0.717, 1.165) is 0 Å². The van der Waals surface area contributed by atoms with E-state index >= 15 is 0 Å². The lowest BCUT2D eigenvalue weighted by Gasteiger charge is -2.13. The van der Waals surface area contributed by atoms with Crippen molar-refractivity contribution in [3.05, 3.63) is 35.4 Å². The molecule has 128 valence electrons. The first kappa shape index (κ1) is 17.3. The standard InChI is InChI=1S/C17H18O7/c1-21-11-5-9(6-12(22-2)16(11)19)15(18)10-7-13(23-3)17(20)14(8-10)24-4/h5-8,19-20H,1-4H3. The Balaban J connectivity index is 2.57. The van der Waals surface area contributed by atoms with E-state index < -0.39 is 0 Å². The van der Waals surface area contributed by atoms with Gasteiger partial charge in [0.15, 0.2) is 28.8 Å². The van der Waals surface area contributed by atoms with Crippen LogP contribution in [0.2, 0.25) is 0 Å². The quantitative estimate of drug-likeness (QED) is 0.783. The number of ketones is 1. The SMILES string of the molecule is COc1cc(C(=O)c2cc(OC)c(O)c(OC)c2)cc(OC)c1O. The van der Waals surface area contributed by atoms with Crippen molar-refractivity contribution in [3.8, 4) is 34.5 Å². The minimum absolute atomic E-state index is 0.107. The van der Waals surface area contributed by atoms with Crippen molar-refractivity contribution < 1.29 is 34.0 Å². The first-order valence-electron chi connectivity index (χ1n) is 6.91. The second kappa shape index (κ2) is 6.99. The lowest BCUT2D eigenvalue weighted by molar-refractivity contribution is 0.103. The molecular weight excluding hydrogens is 316 g/mol. The van der Waals surface area contributed by atoms with E-state index in [1.807, 2.05) is 0 Å². The van der Waals surface area contributed by atoms with E-state index in [0.29, 0.717) is 0 Å². The Hall–Kier alpha value is -3.09. The number of hydrogen-bond acceptors (Lipinski definition) is 7. The zero-order valence-electron chi connectivity index (χ0n) is 13.7. The molecule has 24 heavy (non-hydrogen) atoms. The molecule has 2 aromatic rings. The maximum absolute atomic E-state index is 12.8. The van der Waals surface area contributed by atoms with Crippen LogP contribution >= 0.6 is 0 Å². The summed E-state index contributed by atoms with van der Waals surface area (Å²) in [6.07, 6.45) is 0. The Morgan fingerprint density at radius 3 is 1.12 bits per heavy atom. The number of phenols is 2. The highest BCUT2D eigenvalue weighted by atomic mass is 16.5. The van der Waals surface area contributed by atoms with Crippen LogP contribution in [-0.4, -0.2) is 44.4 Å². The maximum Gasteiger partial charge on any atom is 0.200 e. The highest BCUT2D eigenvalue weighted by molar-refractivity contribution is 6.10. The third-order valence-electron chi connectivity index (χ3n) is 3.48. The van der Waals surface area contributed by atoms with Gasteiger partial charge in [-0.2, -0.15) is 0 Å². The molecule has 0 saturated carbocycles. The average Bonchev–Trinajstić information content (AvgIpc) is 2.61. The summed E-state index contributed by atoms with van der Waals surface area (Å²) in [5.41, 5.74) is 0.465. The summed E-state index contributed by atoms with van der Waals surface area (Å²) >= 11 is 0. The number of phenolic OH excluding ortho intramolecular Hbond substituents is 2. The molecule has 0 bridgehead atoms. The number of benzene rings is 2. The van der Waals surface area contributed by atoms with Gasteiger partial charge in [-0.25, -0.2) is 0 Å². The molecule has 0 aromatic heterocycles. The largest absolute Gasteiger partial charge is 0.502 e. The number of methoxy groups -OCH3 is 4. The number of carbonyl (C=O) groups excluding carboxylic acids is 1. The van der Waals surface area contributed by atoms with E-state index in [2.05, 4.69) is 0 Å². The van der Waals surface area contributed by atoms with Crippen molar-refractivity contribution in [1.29, 1.82) is 0 Å². The van der Waals surface area contributed by atoms with Crippen LogP contribution in [0.1, 0.15) is 15.9 Å². The highest BCUT2D eigenvalue weighted by Crippen LogP contribution is 2.40. The van der Waals surface area contributed by atoms with Crippen LogP contribution in [0.5, 0.6) is 34.5 Å². The summed E-state index contributed by atoms with van der Waals surface area (Å²) in [7, 11) is 5.48. The van der Waals surface area contributed by atoms with E-state index in [9.17, 15) is 15.0 Å². The van der Waals surface area contributed by atoms with Crippen molar-refractivity contribution in [2.75, 3.05) is 28.4 Å². The van der Waals surface area contributed by atoms with Gasteiger partial charge in [0, 0.05) is 11.1 Å². The highest BCUT2D eigenvalue weighted by Gasteiger charge is 2.20. The van der Waals surface area contributed by atoms with Gasteiger partial charge in [-0.3, -0.25) is 4.79 Å². The summed E-state index contributed by atoms with van der Waals surface area (Å²) in [4.78, 5) is 12.8. The van der Waals surface area contributed by atoms with E-state index in [1.165, 1.54) is 52.7 Å². The Morgan fingerprint density at radius 1 is 0.667 bits per heavy atom. The smallest absolute Gasteiger partial charge is 0.200 e. The minimum Gasteiger partial charge on any atom is -0.502 e. The molecule has 7 nitrogen and oxygen atoms in total. The zero-order chi connectivity index (χ0) is 17.9. The number of ether oxygens (including phenoxy) is 4. The van der Waals surface area contributed by atoms with Crippen LogP contribution in [0.4, 0.5) is 0 Å². The Kier molecular flexibility index (Phi) is 5.03. The number of rotatable bonds is 6. The predicted molar refractivity (Wildman–Crippen MR) is 85.9 cm³/mol. The molecule has 2 rings (SSSR count). The van der Waals surface area contributed by atoms with Gasteiger partial charge in [-0.05, 0) is 24.3 Å². The Bertz CT molecular complexity index is 654. The molecule has 0 spiro atoms. The molecule has 2 N–H and O–H groups in total. The van der Waals surface area contributed by atoms with Gasteiger partial charge in [0.2, 0.25) is 11.5 Å². The first-order valence-corrected chi connectivity index (χ1v) is 6.91. The first-order chi connectivity index (χ1) is 11.5. The molecule has 0 fully saturated rings. The fourth-order valence-electron chi connectivity index (χ4n) is 2.22. The minimum atomic E-state index is -0.386. The molecule has 0 saturated heterocycles. The summed E-state index contributed by atoms with van der Waals surface area (Å²) in [6, 6.07) is 5.58. The van der Waals surface area contributed by atoms with Crippen molar-refractivity contribution in [3.63, 3.8) is 0 Å². The predicted octanol–water partition coefficient (Wildman–Crippen LogP) is 2.36. The van der Waals surface area contributed by atoms with Gasteiger partial charge in [-0.1, -0.05) is 0 Å². The zero-order valence-corrected chi connectivity index (χ0v) is 13.7. The number of aromatic hydroxyl groups is 2. The molecule has 0 unspecified atom stereocenters. The van der Waals surface area contributed by atoms with Crippen LogP contribution in [0.15, 0.2) is 24.3 Å². The van der Waals surface area contributed by atoms with Crippen molar-refractivity contribution in [2.45, 2.75) is 0 Å². The second-order valence-corrected chi connectivity index (χ2v) is 4.79. The maximum atomic E-state index is 12.8. The molecule has 0 atom stereocenters. The Morgan fingerprint density at radius 2 is 0.917 bits per heavy atom. The van der Waals surface area contributed by atoms with Gasteiger partial charge >= 0.3 is 0 Å². The second-order valence-electron chi connectivity index (χ2n) is 4.79. The third kappa shape index (κ3) is 3.01. The third-order valence-corrected chi connectivity index (χ3v) is 3.48. The number of carbonyl (C=O) groups is 1. The van der Waals surface area contributed by atoms with E-state index in [1.54, 1.807) is 0 Å². The molecule has 0 heterocycles. The van der Waals surface area contributed by atoms with Crippen LogP contribution in [0, 0.1) is 0 Å².